The van der Waals surface area contributed by atoms with E-state index in [1.54, 1.807) is 26.0 Å². The zero-order valence-electron chi connectivity index (χ0n) is 18.0. The van der Waals surface area contributed by atoms with Crippen LogP contribution in [0.3, 0.4) is 0 Å². The number of benzene rings is 3. The van der Waals surface area contributed by atoms with Gasteiger partial charge in [0.25, 0.3) is 5.91 Å². The molecule has 0 aliphatic rings. The number of ether oxygens (including phenoxy) is 1. The minimum absolute atomic E-state index is 0.00848. The van der Waals surface area contributed by atoms with E-state index in [9.17, 15) is 22.4 Å². The van der Waals surface area contributed by atoms with Crippen molar-refractivity contribution in [2.24, 2.45) is 0 Å². The van der Waals surface area contributed by atoms with Crippen LogP contribution < -0.4 is 9.50 Å². The quantitative estimate of drug-likeness (QED) is 0.398. The number of hydrogen-bond acceptors (Lipinski definition) is 6. The number of nitrogens with one attached hydrogen (secondary N) is 1. The van der Waals surface area contributed by atoms with Gasteiger partial charge in [-0.25, -0.2) is 9.18 Å². The summed E-state index contributed by atoms with van der Waals surface area (Å²) in [4.78, 5) is 24.5. The monoisotopic (exact) mass is 471 g/mol. The second-order valence-corrected chi connectivity index (χ2v) is 8.80. The van der Waals surface area contributed by atoms with Gasteiger partial charge in [0.15, 0.2) is 12.4 Å². The number of rotatable bonds is 8. The molecule has 1 amide bonds. The molecule has 0 fully saturated rings. The van der Waals surface area contributed by atoms with Crippen LogP contribution in [-0.4, -0.2) is 26.9 Å². The molecule has 3 rings (SSSR count). The number of carbonyl (C=O) groups is 2. The van der Waals surface area contributed by atoms with Gasteiger partial charge in [-0.3, -0.25) is 4.79 Å². The molecule has 3 aromatic rings. The summed E-state index contributed by atoms with van der Waals surface area (Å²) in [7, 11) is -4.21. The van der Waals surface area contributed by atoms with Crippen LogP contribution >= 0.6 is 0 Å². The van der Waals surface area contributed by atoms with E-state index in [0.29, 0.717) is 11.1 Å². The molecule has 0 aliphatic heterocycles. The summed E-state index contributed by atoms with van der Waals surface area (Å²) in [6.07, 6.45) is 0. The van der Waals surface area contributed by atoms with Crippen LogP contribution in [-0.2, 0) is 26.2 Å². The molecule has 0 heterocycles. The Morgan fingerprint density at radius 2 is 1.67 bits per heavy atom. The zero-order valence-corrected chi connectivity index (χ0v) is 18.8. The van der Waals surface area contributed by atoms with Gasteiger partial charge in [-0.15, -0.1) is 0 Å². The van der Waals surface area contributed by atoms with Gasteiger partial charge in [0, 0.05) is 6.54 Å². The summed E-state index contributed by atoms with van der Waals surface area (Å²) in [5, 5.41) is 2.55. The molecule has 9 heteroatoms. The molecule has 7 nitrogen and oxygen atoms in total. The Labute approximate surface area is 191 Å². The summed E-state index contributed by atoms with van der Waals surface area (Å²) >= 11 is 0. The largest absolute Gasteiger partial charge is 0.452 e. The van der Waals surface area contributed by atoms with E-state index < -0.39 is 28.6 Å². The highest BCUT2D eigenvalue weighted by Gasteiger charge is 2.23. The van der Waals surface area contributed by atoms with Gasteiger partial charge in [0.05, 0.1) is 0 Å². The molecular formula is C24H22FNO6S. The number of amides is 1. The zero-order chi connectivity index (χ0) is 24.0. The van der Waals surface area contributed by atoms with Gasteiger partial charge in [-0.05, 0) is 60.9 Å². The molecule has 1 N–H and O–H groups in total. The van der Waals surface area contributed by atoms with Crippen molar-refractivity contribution in [3.05, 3.63) is 94.8 Å². The lowest BCUT2D eigenvalue weighted by atomic mass is 10.2. The van der Waals surface area contributed by atoms with E-state index in [1.165, 1.54) is 54.6 Å². The minimum Gasteiger partial charge on any atom is -0.452 e. The lowest BCUT2D eigenvalue weighted by molar-refractivity contribution is -0.124. The molecule has 0 aromatic heterocycles. The van der Waals surface area contributed by atoms with Gasteiger partial charge >= 0.3 is 16.1 Å². The number of hydrogen-bond donors (Lipinski definition) is 1. The summed E-state index contributed by atoms with van der Waals surface area (Å²) in [5.74, 6) is -2.10. The van der Waals surface area contributed by atoms with Crippen molar-refractivity contribution in [3.8, 4) is 5.75 Å². The molecule has 172 valence electrons. The Morgan fingerprint density at radius 1 is 0.970 bits per heavy atom. The first-order chi connectivity index (χ1) is 15.7. The normalized spacial score (nSPS) is 11.0. The summed E-state index contributed by atoms with van der Waals surface area (Å²) < 4.78 is 48.8. The van der Waals surface area contributed by atoms with E-state index in [4.69, 9.17) is 8.92 Å². The Kier molecular flexibility index (Phi) is 7.44. The molecule has 0 radical (unpaired) electrons. The first-order valence-electron chi connectivity index (χ1n) is 9.95. The average Bonchev–Trinajstić information content (AvgIpc) is 2.78. The van der Waals surface area contributed by atoms with Crippen molar-refractivity contribution >= 4 is 22.0 Å². The van der Waals surface area contributed by atoms with Crippen molar-refractivity contribution in [3.63, 3.8) is 0 Å². The summed E-state index contributed by atoms with van der Waals surface area (Å²) in [6, 6.07) is 16.2. The highest BCUT2D eigenvalue weighted by atomic mass is 32.2. The van der Waals surface area contributed by atoms with Crippen molar-refractivity contribution in [1.29, 1.82) is 0 Å². The Balaban J connectivity index is 1.65. The Bertz CT molecular complexity index is 1270. The SMILES string of the molecule is Cc1ccc(C)c(S(=O)(=O)Oc2ccccc2C(=O)OCC(=O)NCc2ccc(F)cc2)c1. The second kappa shape index (κ2) is 10.3. The molecule has 0 bridgehead atoms. The van der Waals surface area contributed by atoms with Gasteiger partial charge in [0.1, 0.15) is 16.3 Å². The Morgan fingerprint density at radius 3 is 2.39 bits per heavy atom. The first kappa shape index (κ1) is 23.9. The fraction of sp³-hybridized carbons (Fsp3) is 0.167. The topological polar surface area (TPSA) is 98.8 Å². The Hall–Kier alpha value is -3.72. The fourth-order valence-electron chi connectivity index (χ4n) is 2.91. The maximum absolute atomic E-state index is 12.9. The maximum Gasteiger partial charge on any atom is 0.342 e. The summed E-state index contributed by atoms with van der Waals surface area (Å²) in [6.45, 7) is 2.94. The smallest absolute Gasteiger partial charge is 0.342 e. The lowest BCUT2D eigenvalue weighted by Crippen LogP contribution is -2.28. The molecule has 0 aliphatic carbocycles. The van der Waals surface area contributed by atoms with Gasteiger partial charge in [-0.1, -0.05) is 36.4 Å². The number of aryl methyl sites for hydroxylation is 2. The third-order valence-electron chi connectivity index (χ3n) is 4.66. The van der Waals surface area contributed by atoms with E-state index >= 15 is 0 Å². The molecule has 0 unspecified atom stereocenters. The molecule has 0 saturated heterocycles. The third-order valence-corrected chi connectivity index (χ3v) is 6.03. The molecule has 3 aromatic carbocycles. The van der Waals surface area contributed by atoms with Gasteiger partial charge in [-0.2, -0.15) is 8.42 Å². The fourth-order valence-corrected chi connectivity index (χ4v) is 4.17. The van der Waals surface area contributed by atoms with Crippen LogP contribution in [0, 0.1) is 19.7 Å². The van der Waals surface area contributed by atoms with Crippen molar-refractivity contribution in [2.75, 3.05) is 6.61 Å². The highest BCUT2D eigenvalue weighted by molar-refractivity contribution is 7.87. The van der Waals surface area contributed by atoms with Crippen LogP contribution in [0.4, 0.5) is 4.39 Å². The van der Waals surface area contributed by atoms with E-state index in [2.05, 4.69) is 5.32 Å². The maximum atomic E-state index is 12.9. The third kappa shape index (κ3) is 6.39. The number of esters is 1. The van der Waals surface area contributed by atoms with E-state index in [1.807, 2.05) is 0 Å². The van der Waals surface area contributed by atoms with Crippen LogP contribution in [0.1, 0.15) is 27.0 Å². The lowest BCUT2D eigenvalue weighted by Gasteiger charge is -2.13. The van der Waals surface area contributed by atoms with Gasteiger partial charge in [0.2, 0.25) is 0 Å². The molecule has 33 heavy (non-hydrogen) atoms. The molecule has 0 spiro atoms. The van der Waals surface area contributed by atoms with E-state index in [0.717, 1.165) is 5.56 Å². The van der Waals surface area contributed by atoms with Crippen molar-refractivity contribution in [1.82, 2.24) is 5.32 Å². The predicted molar refractivity (Wildman–Crippen MR) is 119 cm³/mol. The minimum atomic E-state index is -4.21. The van der Waals surface area contributed by atoms with E-state index in [-0.39, 0.29) is 28.6 Å². The first-order valence-corrected chi connectivity index (χ1v) is 11.4. The predicted octanol–water partition coefficient (Wildman–Crippen LogP) is 3.68. The van der Waals surface area contributed by atoms with Crippen LogP contribution in [0.5, 0.6) is 5.75 Å². The van der Waals surface area contributed by atoms with Crippen LogP contribution in [0.2, 0.25) is 0 Å². The highest BCUT2D eigenvalue weighted by Crippen LogP contribution is 2.26. The number of carbonyl (C=O) groups excluding carboxylic acids is 2. The number of halogens is 1. The standard InChI is InChI=1S/C24H22FNO6S/c1-16-7-8-17(2)22(13-16)33(29,30)32-21-6-4-3-5-20(21)24(28)31-15-23(27)26-14-18-9-11-19(25)12-10-18/h3-13H,14-15H2,1-2H3,(H,26,27). The van der Waals surface area contributed by atoms with Crippen LogP contribution in [0.15, 0.2) is 71.6 Å². The number of para-hydroxylation sites is 1. The second-order valence-electron chi connectivity index (χ2n) is 7.28. The van der Waals surface area contributed by atoms with Crippen LogP contribution in [0.25, 0.3) is 0 Å². The summed E-state index contributed by atoms with van der Waals surface area (Å²) in [5.41, 5.74) is 1.77. The molecular weight excluding hydrogens is 449 g/mol. The van der Waals surface area contributed by atoms with Crippen molar-refractivity contribution < 1.29 is 31.3 Å². The molecule has 0 atom stereocenters. The van der Waals surface area contributed by atoms with Gasteiger partial charge < -0.3 is 14.2 Å². The molecule has 0 saturated carbocycles. The van der Waals surface area contributed by atoms with Crippen molar-refractivity contribution in [2.45, 2.75) is 25.3 Å². The average molecular weight is 472 g/mol.